The smallest absolute Gasteiger partial charge is 0.0543 e. The Morgan fingerprint density at radius 3 is 2.64 bits per heavy atom. The van der Waals surface area contributed by atoms with Gasteiger partial charge in [-0.25, -0.2) is 0 Å². The molecule has 2 rings (SSSR count). The van der Waals surface area contributed by atoms with E-state index < -0.39 is 0 Å². The average molecular weight is 178 g/mol. The van der Waals surface area contributed by atoms with Crippen LogP contribution in [0.4, 0.5) is 0 Å². The minimum atomic E-state index is 0. The van der Waals surface area contributed by atoms with Crippen LogP contribution in [0, 0.1) is 11.8 Å². The molecular weight excluding hydrogens is 162 g/mol. The number of hydrogen-bond donors (Lipinski definition) is 2. The van der Waals surface area contributed by atoms with Crippen LogP contribution in [0.15, 0.2) is 0 Å². The van der Waals surface area contributed by atoms with Crippen molar-refractivity contribution in [3.63, 3.8) is 0 Å². The summed E-state index contributed by atoms with van der Waals surface area (Å²) in [5.74, 6) is 1.66. The average Bonchev–Trinajstić information content (AvgIpc) is 2.33. The molecule has 1 saturated heterocycles. The van der Waals surface area contributed by atoms with Gasteiger partial charge in [-0.3, -0.25) is 0 Å². The number of fused-ring (bicyclic) bond motifs is 1. The van der Waals surface area contributed by atoms with Crippen LogP contribution in [-0.2, 0) is 0 Å². The van der Waals surface area contributed by atoms with E-state index in [-0.39, 0.29) is 18.5 Å². The molecule has 0 unspecified atom stereocenters. The van der Waals surface area contributed by atoms with Crippen molar-refractivity contribution < 1.29 is 5.11 Å². The van der Waals surface area contributed by atoms with Gasteiger partial charge in [0.1, 0.15) is 0 Å². The first-order chi connectivity index (χ1) is 4.86. The molecule has 0 spiro atoms. The summed E-state index contributed by atoms with van der Waals surface area (Å²) < 4.78 is 0. The number of hydrogen-bond acceptors (Lipinski definition) is 2. The van der Waals surface area contributed by atoms with E-state index in [9.17, 15) is 5.11 Å². The molecule has 1 aliphatic carbocycles. The van der Waals surface area contributed by atoms with E-state index in [4.69, 9.17) is 0 Å². The van der Waals surface area contributed by atoms with Gasteiger partial charge in [0.15, 0.2) is 0 Å². The van der Waals surface area contributed by atoms with Crippen molar-refractivity contribution in [1.29, 1.82) is 0 Å². The van der Waals surface area contributed by atoms with Gasteiger partial charge in [0, 0.05) is 0 Å². The van der Waals surface area contributed by atoms with Gasteiger partial charge in [0.25, 0.3) is 0 Å². The van der Waals surface area contributed by atoms with Crippen LogP contribution in [0.1, 0.15) is 19.3 Å². The summed E-state index contributed by atoms with van der Waals surface area (Å²) in [6.45, 7) is 2.33. The molecule has 1 saturated carbocycles. The standard InChI is InChI=1S/C8H15NO.ClH/c10-8-2-1-6-4-9-5-7(6)3-8;/h6-10H,1-5H2;1H/t6-,7-,8+;/m0./s1. The predicted octanol–water partition coefficient (Wildman–Crippen LogP) is 0.789. The monoisotopic (exact) mass is 177 g/mol. The van der Waals surface area contributed by atoms with E-state index in [2.05, 4.69) is 5.32 Å². The topological polar surface area (TPSA) is 32.3 Å². The van der Waals surface area contributed by atoms with Gasteiger partial charge in [0.05, 0.1) is 6.10 Å². The summed E-state index contributed by atoms with van der Waals surface area (Å²) in [7, 11) is 0. The molecule has 66 valence electrons. The highest BCUT2D eigenvalue weighted by Gasteiger charge is 2.32. The Morgan fingerprint density at radius 1 is 1.09 bits per heavy atom. The van der Waals surface area contributed by atoms with E-state index in [1.165, 1.54) is 13.0 Å². The first-order valence-corrected chi connectivity index (χ1v) is 4.25. The molecule has 0 aromatic rings. The van der Waals surface area contributed by atoms with Gasteiger partial charge in [-0.1, -0.05) is 0 Å². The van der Waals surface area contributed by atoms with Gasteiger partial charge >= 0.3 is 0 Å². The second kappa shape index (κ2) is 3.74. The molecule has 0 bridgehead atoms. The molecule has 3 heteroatoms. The van der Waals surface area contributed by atoms with Crippen LogP contribution >= 0.6 is 12.4 Å². The minimum absolute atomic E-state index is 0. The lowest BCUT2D eigenvalue weighted by Gasteiger charge is -2.27. The first kappa shape index (κ1) is 9.30. The maximum Gasteiger partial charge on any atom is 0.0543 e. The SMILES string of the molecule is Cl.O[C@@H]1CC[C@H]2CNC[C@@H]2C1. The Kier molecular flexibility index (Phi) is 3.16. The van der Waals surface area contributed by atoms with Gasteiger partial charge in [-0.2, -0.15) is 0 Å². The second-order valence-corrected chi connectivity index (χ2v) is 3.65. The van der Waals surface area contributed by atoms with Gasteiger partial charge in [0.2, 0.25) is 0 Å². The molecule has 2 aliphatic rings. The summed E-state index contributed by atoms with van der Waals surface area (Å²) in [6.07, 6.45) is 3.31. The zero-order chi connectivity index (χ0) is 6.97. The molecule has 3 atom stereocenters. The molecule has 2 nitrogen and oxygen atoms in total. The molecule has 2 N–H and O–H groups in total. The maximum atomic E-state index is 9.33. The molecular formula is C8H16ClNO. The molecule has 0 amide bonds. The molecule has 2 fully saturated rings. The van der Waals surface area contributed by atoms with Crippen molar-refractivity contribution in [2.45, 2.75) is 25.4 Å². The van der Waals surface area contributed by atoms with Crippen molar-refractivity contribution in [3.05, 3.63) is 0 Å². The van der Waals surface area contributed by atoms with E-state index in [0.717, 1.165) is 31.2 Å². The highest BCUT2D eigenvalue weighted by Crippen LogP contribution is 2.32. The van der Waals surface area contributed by atoms with Crippen molar-refractivity contribution in [2.24, 2.45) is 11.8 Å². The van der Waals surface area contributed by atoms with Crippen molar-refractivity contribution in [1.82, 2.24) is 5.32 Å². The fraction of sp³-hybridized carbons (Fsp3) is 1.00. The number of halogens is 1. The van der Waals surface area contributed by atoms with E-state index >= 15 is 0 Å². The lowest BCUT2D eigenvalue weighted by molar-refractivity contribution is 0.0867. The Bertz CT molecular complexity index is 131. The van der Waals surface area contributed by atoms with Crippen molar-refractivity contribution in [2.75, 3.05) is 13.1 Å². The van der Waals surface area contributed by atoms with E-state index in [1.54, 1.807) is 0 Å². The Hall–Kier alpha value is 0.210. The second-order valence-electron chi connectivity index (χ2n) is 3.65. The fourth-order valence-corrected chi connectivity index (χ4v) is 2.27. The van der Waals surface area contributed by atoms with E-state index in [1.807, 2.05) is 0 Å². The molecule has 0 aromatic carbocycles. The van der Waals surface area contributed by atoms with E-state index in [0.29, 0.717) is 0 Å². The number of nitrogens with one attached hydrogen (secondary N) is 1. The van der Waals surface area contributed by atoms with Crippen LogP contribution in [-0.4, -0.2) is 24.3 Å². The lowest BCUT2D eigenvalue weighted by atomic mass is 9.80. The molecule has 11 heavy (non-hydrogen) atoms. The van der Waals surface area contributed by atoms with Crippen LogP contribution in [0.5, 0.6) is 0 Å². The molecule has 1 heterocycles. The van der Waals surface area contributed by atoms with Gasteiger partial charge in [-0.15, -0.1) is 12.4 Å². The highest BCUT2D eigenvalue weighted by molar-refractivity contribution is 5.85. The fourth-order valence-electron chi connectivity index (χ4n) is 2.27. The summed E-state index contributed by atoms with van der Waals surface area (Å²) in [5, 5.41) is 12.7. The summed E-state index contributed by atoms with van der Waals surface area (Å²) in [6, 6.07) is 0. The van der Waals surface area contributed by atoms with Crippen LogP contribution in [0.3, 0.4) is 0 Å². The van der Waals surface area contributed by atoms with Gasteiger partial charge in [-0.05, 0) is 44.2 Å². The largest absolute Gasteiger partial charge is 0.393 e. The zero-order valence-corrected chi connectivity index (χ0v) is 7.44. The summed E-state index contributed by atoms with van der Waals surface area (Å²) >= 11 is 0. The number of rotatable bonds is 0. The molecule has 0 radical (unpaired) electrons. The predicted molar refractivity (Wildman–Crippen MR) is 47.0 cm³/mol. The maximum absolute atomic E-state index is 9.33. The van der Waals surface area contributed by atoms with Crippen LogP contribution in [0.25, 0.3) is 0 Å². The van der Waals surface area contributed by atoms with Crippen molar-refractivity contribution in [3.8, 4) is 0 Å². The highest BCUT2D eigenvalue weighted by atomic mass is 35.5. The third-order valence-electron chi connectivity index (χ3n) is 2.93. The van der Waals surface area contributed by atoms with Crippen LogP contribution < -0.4 is 5.32 Å². The lowest BCUT2D eigenvalue weighted by Crippen LogP contribution is -2.26. The third-order valence-corrected chi connectivity index (χ3v) is 2.93. The first-order valence-electron chi connectivity index (χ1n) is 4.25. The molecule has 0 aromatic heterocycles. The number of aliphatic hydroxyl groups is 1. The normalized spacial score (nSPS) is 42.8. The van der Waals surface area contributed by atoms with Crippen molar-refractivity contribution >= 4 is 12.4 Å². The quantitative estimate of drug-likeness (QED) is 0.574. The summed E-state index contributed by atoms with van der Waals surface area (Å²) in [4.78, 5) is 0. The van der Waals surface area contributed by atoms with Gasteiger partial charge < -0.3 is 10.4 Å². The molecule has 1 aliphatic heterocycles. The third kappa shape index (κ3) is 1.86. The van der Waals surface area contributed by atoms with Crippen LogP contribution in [0.2, 0.25) is 0 Å². The summed E-state index contributed by atoms with van der Waals surface area (Å²) in [5.41, 5.74) is 0. The number of aliphatic hydroxyl groups excluding tert-OH is 1. The Morgan fingerprint density at radius 2 is 1.82 bits per heavy atom. The Labute approximate surface area is 73.8 Å². The Balaban J connectivity index is 0.000000605. The zero-order valence-electron chi connectivity index (χ0n) is 6.62. The minimum Gasteiger partial charge on any atom is -0.393 e.